The molecule has 0 unspecified atom stereocenters. The number of hydrogen-bond donors (Lipinski definition) is 1. The van der Waals surface area contributed by atoms with Gasteiger partial charge in [0.1, 0.15) is 5.69 Å². The van der Waals surface area contributed by atoms with Crippen molar-refractivity contribution in [1.29, 1.82) is 0 Å². The van der Waals surface area contributed by atoms with Crippen molar-refractivity contribution in [3.8, 4) is 0 Å². The van der Waals surface area contributed by atoms with Crippen LogP contribution in [0, 0.1) is 0 Å². The molecule has 54 valence electrons. The maximum Gasteiger partial charge on any atom is 0.354 e. The largest absolute Gasteiger partial charge is 0.477 e. The first kappa shape index (κ1) is 6.80. The van der Waals surface area contributed by atoms with E-state index in [9.17, 15) is 4.79 Å². The minimum Gasteiger partial charge on any atom is -0.477 e. The minimum absolute atomic E-state index is 0.238. The molecule has 0 saturated carbocycles. The Morgan fingerprint density at radius 2 is 2.60 bits per heavy atom. The second-order valence-electron chi connectivity index (χ2n) is 1.87. The van der Waals surface area contributed by atoms with Crippen LogP contribution in [0.15, 0.2) is 12.5 Å². The van der Waals surface area contributed by atoms with Gasteiger partial charge in [0.15, 0.2) is 0 Å². The molecule has 0 spiro atoms. The van der Waals surface area contributed by atoms with Crippen LogP contribution in [0.25, 0.3) is 0 Å². The summed E-state index contributed by atoms with van der Waals surface area (Å²) in [6.07, 6.45) is 2.84. The zero-order valence-electron chi connectivity index (χ0n) is 5.61. The van der Waals surface area contributed by atoms with Gasteiger partial charge in [-0.3, -0.25) is 0 Å². The fourth-order valence-corrected chi connectivity index (χ4v) is 0.751. The summed E-state index contributed by atoms with van der Waals surface area (Å²) in [6.45, 7) is 2.51. The Balaban J connectivity index is 3.01. The molecular formula is C6H8N2O2. The van der Waals surface area contributed by atoms with Crippen molar-refractivity contribution in [3.05, 3.63) is 18.2 Å². The number of aryl methyl sites for hydroxylation is 1. The highest BCUT2D eigenvalue weighted by Gasteiger charge is 2.06. The number of carboxylic acids is 1. The van der Waals surface area contributed by atoms with Crippen LogP contribution in [0.4, 0.5) is 0 Å². The third-order valence-electron chi connectivity index (χ3n) is 1.27. The molecule has 0 fully saturated rings. The molecule has 1 heterocycles. The molecule has 0 aliphatic heterocycles. The lowest BCUT2D eigenvalue weighted by atomic mass is 10.5. The van der Waals surface area contributed by atoms with Gasteiger partial charge in [-0.05, 0) is 6.92 Å². The van der Waals surface area contributed by atoms with Crippen LogP contribution < -0.4 is 0 Å². The van der Waals surface area contributed by atoms with Crippen LogP contribution in [0.2, 0.25) is 0 Å². The Kier molecular flexibility index (Phi) is 1.71. The molecule has 1 N–H and O–H groups in total. The predicted molar refractivity (Wildman–Crippen MR) is 34.9 cm³/mol. The Morgan fingerprint density at radius 3 is 3.00 bits per heavy atom. The summed E-state index contributed by atoms with van der Waals surface area (Å²) >= 11 is 0. The SMILES string of the molecule is CCn1cncc1C(=O)O. The van der Waals surface area contributed by atoms with Crippen molar-refractivity contribution < 1.29 is 9.90 Å². The van der Waals surface area contributed by atoms with Gasteiger partial charge < -0.3 is 9.67 Å². The van der Waals surface area contributed by atoms with Gasteiger partial charge in [-0.25, -0.2) is 9.78 Å². The van der Waals surface area contributed by atoms with Crippen LogP contribution in [-0.4, -0.2) is 20.6 Å². The third-order valence-corrected chi connectivity index (χ3v) is 1.27. The lowest BCUT2D eigenvalue weighted by Gasteiger charge is -1.97. The molecule has 1 aromatic heterocycles. The van der Waals surface area contributed by atoms with E-state index in [1.807, 2.05) is 6.92 Å². The van der Waals surface area contributed by atoms with Gasteiger partial charge in [-0.15, -0.1) is 0 Å². The molecule has 1 rings (SSSR count). The molecule has 0 saturated heterocycles. The molecule has 0 bridgehead atoms. The highest BCUT2D eigenvalue weighted by Crippen LogP contribution is 1.97. The minimum atomic E-state index is -0.931. The second kappa shape index (κ2) is 2.51. The van der Waals surface area contributed by atoms with Gasteiger partial charge in [0.05, 0.1) is 12.5 Å². The molecule has 1 aromatic rings. The molecular weight excluding hydrogens is 132 g/mol. The van der Waals surface area contributed by atoms with E-state index in [1.54, 1.807) is 4.57 Å². The first-order valence-corrected chi connectivity index (χ1v) is 2.99. The van der Waals surface area contributed by atoms with Crippen molar-refractivity contribution in [3.63, 3.8) is 0 Å². The molecule has 4 heteroatoms. The van der Waals surface area contributed by atoms with Crippen LogP contribution in [0.5, 0.6) is 0 Å². The van der Waals surface area contributed by atoms with Crippen molar-refractivity contribution in [2.45, 2.75) is 13.5 Å². The van der Waals surface area contributed by atoms with Crippen molar-refractivity contribution in [1.82, 2.24) is 9.55 Å². The number of carbonyl (C=O) groups is 1. The van der Waals surface area contributed by atoms with Gasteiger partial charge in [0.25, 0.3) is 0 Å². The molecule has 4 nitrogen and oxygen atoms in total. The Bertz CT molecular complexity index is 242. The molecule has 0 atom stereocenters. The van der Waals surface area contributed by atoms with Gasteiger partial charge in [0.2, 0.25) is 0 Å². The van der Waals surface area contributed by atoms with Crippen molar-refractivity contribution in [2.75, 3.05) is 0 Å². The van der Waals surface area contributed by atoms with E-state index >= 15 is 0 Å². The van der Waals surface area contributed by atoms with Gasteiger partial charge >= 0.3 is 5.97 Å². The monoisotopic (exact) mass is 140 g/mol. The standard InChI is InChI=1S/C6H8N2O2/c1-2-8-4-7-3-5(8)6(9)10/h3-4H,2H2,1H3,(H,9,10). The number of imidazole rings is 1. The molecule has 0 aromatic carbocycles. The quantitative estimate of drug-likeness (QED) is 0.654. The topological polar surface area (TPSA) is 55.1 Å². The first-order valence-electron chi connectivity index (χ1n) is 2.99. The average molecular weight is 140 g/mol. The maximum absolute atomic E-state index is 10.4. The number of nitrogens with zero attached hydrogens (tertiary/aromatic N) is 2. The van der Waals surface area contributed by atoms with Gasteiger partial charge in [0, 0.05) is 6.54 Å². The van der Waals surface area contributed by atoms with E-state index in [1.165, 1.54) is 12.5 Å². The number of carboxylic acid groups (broad SMARTS) is 1. The average Bonchev–Trinajstić information content (AvgIpc) is 2.33. The Hall–Kier alpha value is -1.32. The predicted octanol–water partition coefficient (Wildman–Crippen LogP) is 0.601. The summed E-state index contributed by atoms with van der Waals surface area (Å²) in [7, 11) is 0. The maximum atomic E-state index is 10.4. The Labute approximate surface area is 58.1 Å². The van der Waals surface area contributed by atoms with Crippen LogP contribution in [0.3, 0.4) is 0 Å². The fourth-order valence-electron chi connectivity index (χ4n) is 0.751. The summed E-state index contributed by atoms with van der Waals surface area (Å²) in [6, 6.07) is 0. The van der Waals surface area contributed by atoms with E-state index in [0.717, 1.165) is 0 Å². The van der Waals surface area contributed by atoms with Crippen molar-refractivity contribution >= 4 is 5.97 Å². The van der Waals surface area contributed by atoms with Crippen molar-refractivity contribution in [2.24, 2.45) is 0 Å². The summed E-state index contributed by atoms with van der Waals surface area (Å²) < 4.78 is 1.57. The number of aromatic carboxylic acids is 1. The summed E-state index contributed by atoms with van der Waals surface area (Å²) in [5.41, 5.74) is 0.238. The summed E-state index contributed by atoms with van der Waals surface area (Å²) in [4.78, 5) is 14.1. The van der Waals surface area contributed by atoms with E-state index in [2.05, 4.69) is 4.98 Å². The smallest absolute Gasteiger partial charge is 0.354 e. The van der Waals surface area contributed by atoms with E-state index in [4.69, 9.17) is 5.11 Å². The zero-order chi connectivity index (χ0) is 7.56. The molecule has 0 amide bonds. The zero-order valence-corrected chi connectivity index (χ0v) is 5.61. The fraction of sp³-hybridized carbons (Fsp3) is 0.333. The number of hydrogen-bond acceptors (Lipinski definition) is 2. The van der Waals surface area contributed by atoms with Gasteiger partial charge in [-0.1, -0.05) is 0 Å². The molecule has 10 heavy (non-hydrogen) atoms. The lowest BCUT2D eigenvalue weighted by Crippen LogP contribution is -2.05. The van der Waals surface area contributed by atoms with Gasteiger partial charge in [-0.2, -0.15) is 0 Å². The summed E-state index contributed by atoms with van der Waals surface area (Å²) in [5, 5.41) is 8.52. The van der Waals surface area contributed by atoms with Crippen LogP contribution in [0.1, 0.15) is 17.4 Å². The molecule has 0 aliphatic rings. The second-order valence-corrected chi connectivity index (χ2v) is 1.87. The number of rotatable bonds is 2. The first-order chi connectivity index (χ1) is 4.75. The lowest BCUT2D eigenvalue weighted by molar-refractivity contribution is 0.0685. The summed E-state index contributed by atoms with van der Waals surface area (Å²) in [5.74, 6) is -0.931. The number of aromatic nitrogens is 2. The van der Waals surface area contributed by atoms with E-state index < -0.39 is 5.97 Å². The van der Waals surface area contributed by atoms with E-state index in [-0.39, 0.29) is 5.69 Å². The highest BCUT2D eigenvalue weighted by atomic mass is 16.4. The van der Waals surface area contributed by atoms with Crippen LogP contribution in [-0.2, 0) is 6.54 Å². The van der Waals surface area contributed by atoms with E-state index in [0.29, 0.717) is 6.54 Å². The normalized spacial score (nSPS) is 9.70. The molecule has 0 aliphatic carbocycles. The van der Waals surface area contributed by atoms with Crippen LogP contribution >= 0.6 is 0 Å². The Morgan fingerprint density at radius 1 is 1.90 bits per heavy atom. The highest BCUT2D eigenvalue weighted by molar-refractivity contribution is 5.85. The third kappa shape index (κ3) is 1.00. The molecule has 0 radical (unpaired) electrons.